The van der Waals surface area contributed by atoms with E-state index in [4.69, 9.17) is 11.6 Å². The van der Waals surface area contributed by atoms with Gasteiger partial charge in [0.25, 0.3) is 0 Å². The Labute approximate surface area is 106 Å². The van der Waals surface area contributed by atoms with E-state index in [2.05, 4.69) is 10.2 Å². The summed E-state index contributed by atoms with van der Waals surface area (Å²) in [4.78, 5) is 2.14. The number of likely N-dealkylation sites (N-methyl/N-ethyl adjacent to an activating group) is 1. The quantitative estimate of drug-likeness (QED) is 0.902. The normalized spacial score (nSPS) is 15.8. The fourth-order valence-electron chi connectivity index (χ4n) is 1.65. The van der Waals surface area contributed by atoms with Crippen molar-refractivity contribution in [2.45, 2.75) is 12.6 Å². The van der Waals surface area contributed by atoms with E-state index in [-0.39, 0.29) is 18.2 Å². The van der Waals surface area contributed by atoms with Gasteiger partial charge in [0, 0.05) is 36.3 Å². The van der Waals surface area contributed by atoms with Crippen molar-refractivity contribution in [1.29, 1.82) is 0 Å². The van der Waals surface area contributed by atoms with Gasteiger partial charge in [0.15, 0.2) is 0 Å². The summed E-state index contributed by atoms with van der Waals surface area (Å²) in [6.45, 7) is 2.58. The topological polar surface area (TPSA) is 15.3 Å². The summed E-state index contributed by atoms with van der Waals surface area (Å²) in [6.07, 6.45) is 0. The molecule has 0 unspecified atom stereocenters. The first-order valence-electron chi connectivity index (χ1n) is 5.01. The molecule has 0 saturated carbocycles. The highest BCUT2D eigenvalue weighted by molar-refractivity contribution is 6.30. The molecule has 0 aromatic heterocycles. The van der Waals surface area contributed by atoms with Crippen LogP contribution in [0.25, 0.3) is 0 Å². The van der Waals surface area contributed by atoms with Crippen molar-refractivity contribution in [3.8, 4) is 0 Å². The molecule has 1 fully saturated rings. The Bertz CT molecular complexity index is 356. The molecule has 1 aliphatic heterocycles. The second-order valence-corrected chi connectivity index (χ2v) is 4.40. The number of nitrogens with one attached hydrogen (secondary N) is 1. The van der Waals surface area contributed by atoms with Gasteiger partial charge in [0.1, 0.15) is 5.82 Å². The van der Waals surface area contributed by atoms with E-state index >= 15 is 0 Å². The molecule has 1 aromatic rings. The van der Waals surface area contributed by atoms with Crippen LogP contribution in [0.5, 0.6) is 0 Å². The third-order valence-corrected chi connectivity index (χ3v) is 3.05. The van der Waals surface area contributed by atoms with E-state index in [1.165, 1.54) is 6.07 Å². The summed E-state index contributed by atoms with van der Waals surface area (Å²) in [5.74, 6) is -0.182. The Morgan fingerprint density at radius 2 is 2.19 bits per heavy atom. The zero-order chi connectivity index (χ0) is 10.8. The third-order valence-electron chi connectivity index (χ3n) is 2.81. The molecule has 2 rings (SSSR count). The fraction of sp³-hybridized carbons (Fsp3) is 0.455. The van der Waals surface area contributed by atoms with Crippen molar-refractivity contribution >= 4 is 24.0 Å². The number of hydrogen-bond acceptors (Lipinski definition) is 2. The molecule has 0 radical (unpaired) electrons. The lowest BCUT2D eigenvalue weighted by atomic mass is 10.1. The summed E-state index contributed by atoms with van der Waals surface area (Å²) in [6, 6.07) is 5.21. The SMILES string of the molecule is CN(Cc1cc(Cl)ccc1F)C1CNC1.Cl. The summed E-state index contributed by atoms with van der Waals surface area (Å²) >= 11 is 5.83. The molecule has 5 heteroatoms. The number of benzene rings is 1. The summed E-state index contributed by atoms with van der Waals surface area (Å²) < 4.78 is 13.4. The van der Waals surface area contributed by atoms with Crippen molar-refractivity contribution in [2.75, 3.05) is 20.1 Å². The predicted octanol–water partition coefficient (Wildman–Crippen LogP) is 2.30. The van der Waals surface area contributed by atoms with Crippen LogP contribution in [0.1, 0.15) is 5.56 Å². The van der Waals surface area contributed by atoms with Gasteiger partial charge in [0.05, 0.1) is 0 Å². The van der Waals surface area contributed by atoms with Crippen LogP contribution < -0.4 is 5.32 Å². The van der Waals surface area contributed by atoms with Gasteiger partial charge >= 0.3 is 0 Å². The minimum Gasteiger partial charge on any atom is -0.314 e. The molecule has 2 nitrogen and oxygen atoms in total. The summed E-state index contributed by atoms with van der Waals surface area (Å²) in [7, 11) is 2.01. The lowest BCUT2D eigenvalue weighted by Gasteiger charge is -2.35. The molecule has 0 atom stereocenters. The number of rotatable bonds is 3. The molecule has 0 spiro atoms. The van der Waals surface area contributed by atoms with Gasteiger partial charge in [-0.3, -0.25) is 4.90 Å². The van der Waals surface area contributed by atoms with Crippen LogP contribution in [0.4, 0.5) is 4.39 Å². The first kappa shape index (κ1) is 13.7. The largest absolute Gasteiger partial charge is 0.314 e. The van der Waals surface area contributed by atoms with Crippen molar-refractivity contribution in [2.24, 2.45) is 0 Å². The molecule has 1 aromatic carbocycles. The van der Waals surface area contributed by atoms with Crippen molar-refractivity contribution in [3.05, 3.63) is 34.6 Å². The molecule has 1 saturated heterocycles. The van der Waals surface area contributed by atoms with Crippen LogP contribution in [0.3, 0.4) is 0 Å². The Hall–Kier alpha value is -0.350. The molecule has 0 bridgehead atoms. The van der Waals surface area contributed by atoms with Gasteiger partial charge in [0.2, 0.25) is 0 Å². The maximum atomic E-state index is 13.4. The summed E-state index contributed by atoms with van der Waals surface area (Å²) in [5, 5.41) is 3.78. The van der Waals surface area contributed by atoms with E-state index in [1.54, 1.807) is 12.1 Å². The molecule has 16 heavy (non-hydrogen) atoms. The Morgan fingerprint density at radius 3 is 2.75 bits per heavy atom. The van der Waals surface area contributed by atoms with E-state index < -0.39 is 0 Å². The smallest absolute Gasteiger partial charge is 0.127 e. The van der Waals surface area contributed by atoms with Gasteiger partial charge in [-0.1, -0.05) is 11.6 Å². The minimum absolute atomic E-state index is 0. The second kappa shape index (κ2) is 5.82. The van der Waals surface area contributed by atoms with Crippen molar-refractivity contribution in [1.82, 2.24) is 10.2 Å². The van der Waals surface area contributed by atoms with Gasteiger partial charge in [-0.15, -0.1) is 12.4 Å². The van der Waals surface area contributed by atoms with E-state index in [9.17, 15) is 4.39 Å². The first-order chi connectivity index (χ1) is 7.16. The average Bonchev–Trinajstić information content (AvgIpc) is 2.08. The van der Waals surface area contributed by atoms with Crippen LogP contribution in [0, 0.1) is 5.82 Å². The van der Waals surface area contributed by atoms with Gasteiger partial charge < -0.3 is 5.32 Å². The zero-order valence-electron chi connectivity index (χ0n) is 9.04. The van der Waals surface area contributed by atoms with Crippen LogP contribution >= 0.6 is 24.0 Å². The fourth-order valence-corrected chi connectivity index (χ4v) is 1.84. The third kappa shape index (κ3) is 3.08. The first-order valence-corrected chi connectivity index (χ1v) is 5.39. The average molecular weight is 265 g/mol. The maximum Gasteiger partial charge on any atom is 0.127 e. The number of nitrogens with zero attached hydrogens (tertiary/aromatic N) is 1. The van der Waals surface area contributed by atoms with Crippen LogP contribution in [0.15, 0.2) is 18.2 Å². The Balaban J connectivity index is 0.00000128. The van der Waals surface area contributed by atoms with E-state index in [1.807, 2.05) is 7.05 Å². The van der Waals surface area contributed by atoms with E-state index in [0.717, 1.165) is 13.1 Å². The molecule has 0 amide bonds. The standard InChI is InChI=1S/C11H14ClFN2.ClH/c1-15(10-5-14-6-10)7-8-4-9(12)2-3-11(8)13;/h2-4,10,14H,5-7H2,1H3;1H. The number of halogens is 3. The minimum atomic E-state index is -0.182. The van der Waals surface area contributed by atoms with Gasteiger partial charge in [-0.25, -0.2) is 4.39 Å². The second-order valence-electron chi connectivity index (χ2n) is 3.96. The van der Waals surface area contributed by atoms with Gasteiger partial charge in [-0.2, -0.15) is 0 Å². The molecule has 90 valence electrons. The molecule has 1 heterocycles. The highest BCUT2D eigenvalue weighted by Gasteiger charge is 2.21. The van der Waals surface area contributed by atoms with E-state index in [0.29, 0.717) is 23.2 Å². The predicted molar refractivity (Wildman–Crippen MR) is 66.8 cm³/mol. The number of hydrogen-bond donors (Lipinski definition) is 1. The summed E-state index contributed by atoms with van der Waals surface area (Å²) in [5.41, 5.74) is 0.664. The zero-order valence-corrected chi connectivity index (χ0v) is 10.6. The molecular formula is C11H15Cl2FN2. The Morgan fingerprint density at radius 1 is 1.50 bits per heavy atom. The maximum absolute atomic E-state index is 13.4. The lowest BCUT2D eigenvalue weighted by Crippen LogP contribution is -2.55. The van der Waals surface area contributed by atoms with Crippen molar-refractivity contribution in [3.63, 3.8) is 0 Å². The molecule has 1 aliphatic rings. The lowest BCUT2D eigenvalue weighted by molar-refractivity contribution is 0.171. The highest BCUT2D eigenvalue weighted by atomic mass is 35.5. The highest BCUT2D eigenvalue weighted by Crippen LogP contribution is 2.17. The Kier molecular flexibility index (Phi) is 4.99. The van der Waals surface area contributed by atoms with Gasteiger partial charge in [-0.05, 0) is 25.2 Å². The molecular weight excluding hydrogens is 250 g/mol. The van der Waals surface area contributed by atoms with Crippen LogP contribution in [0.2, 0.25) is 5.02 Å². The van der Waals surface area contributed by atoms with Crippen LogP contribution in [-0.4, -0.2) is 31.1 Å². The van der Waals surface area contributed by atoms with Crippen molar-refractivity contribution < 1.29 is 4.39 Å². The molecule has 0 aliphatic carbocycles. The van der Waals surface area contributed by atoms with Crippen LogP contribution in [-0.2, 0) is 6.54 Å². The monoisotopic (exact) mass is 264 g/mol. The molecule has 1 N–H and O–H groups in total.